The Labute approximate surface area is 98.9 Å². The molecule has 0 spiro atoms. The second-order valence-electron chi connectivity index (χ2n) is 4.20. The third kappa shape index (κ3) is 2.71. The fraction of sp³-hybridized carbons (Fsp3) is 0.545. The number of carbonyl (C=O) groups is 1. The molecule has 0 aromatic carbocycles. The van der Waals surface area contributed by atoms with Gasteiger partial charge >= 0.3 is 5.97 Å². The summed E-state index contributed by atoms with van der Waals surface area (Å²) in [6, 6.07) is 0. The molecule has 0 aliphatic carbocycles. The minimum atomic E-state index is -1.07. The van der Waals surface area contributed by atoms with Crippen molar-refractivity contribution >= 4 is 11.8 Å². The summed E-state index contributed by atoms with van der Waals surface area (Å²) in [7, 11) is 0. The molecule has 0 bridgehead atoms. The van der Waals surface area contributed by atoms with E-state index in [0.29, 0.717) is 12.4 Å². The lowest BCUT2D eigenvalue weighted by Gasteiger charge is -2.32. The second kappa shape index (κ2) is 5.09. The molecular formula is C11H15N3O3. The van der Waals surface area contributed by atoms with Gasteiger partial charge in [0.05, 0.1) is 12.4 Å². The molecule has 1 aromatic heterocycles. The summed E-state index contributed by atoms with van der Waals surface area (Å²) in [5.74, 6) is -0.267. The number of aromatic nitrogens is 2. The Bertz CT molecular complexity index is 411. The number of hydrogen-bond acceptors (Lipinski definition) is 5. The van der Waals surface area contributed by atoms with E-state index in [9.17, 15) is 4.79 Å². The zero-order valence-corrected chi connectivity index (χ0v) is 9.41. The van der Waals surface area contributed by atoms with Crippen molar-refractivity contribution in [3.63, 3.8) is 0 Å². The summed E-state index contributed by atoms with van der Waals surface area (Å²) in [6.45, 7) is 1.69. The number of carboxylic acid groups (broad SMARTS) is 1. The van der Waals surface area contributed by atoms with Crippen LogP contribution in [0.1, 0.15) is 23.3 Å². The van der Waals surface area contributed by atoms with Gasteiger partial charge in [-0.05, 0) is 18.8 Å². The summed E-state index contributed by atoms with van der Waals surface area (Å²) >= 11 is 0. The van der Waals surface area contributed by atoms with Crippen molar-refractivity contribution in [3.05, 3.63) is 18.1 Å². The Morgan fingerprint density at radius 2 is 2.35 bits per heavy atom. The van der Waals surface area contributed by atoms with Gasteiger partial charge in [0.2, 0.25) is 0 Å². The Balaban J connectivity index is 2.16. The number of nitrogens with zero attached hydrogens (tertiary/aromatic N) is 3. The van der Waals surface area contributed by atoms with E-state index in [-0.39, 0.29) is 18.2 Å². The van der Waals surface area contributed by atoms with Crippen molar-refractivity contribution in [1.82, 2.24) is 9.97 Å². The van der Waals surface area contributed by atoms with Gasteiger partial charge in [-0.15, -0.1) is 0 Å². The number of rotatable bonds is 3. The third-order valence-corrected chi connectivity index (χ3v) is 2.94. The lowest BCUT2D eigenvalue weighted by molar-refractivity contribution is 0.0690. The molecule has 0 saturated carbocycles. The van der Waals surface area contributed by atoms with Gasteiger partial charge < -0.3 is 15.1 Å². The molecule has 6 heteroatoms. The van der Waals surface area contributed by atoms with E-state index in [0.717, 1.165) is 19.4 Å². The van der Waals surface area contributed by atoms with Gasteiger partial charge in [-0.25, -0.2) is 9.78 Å². The lowest BCUT2D eigenvalue weighted by atomic mass is 9.99. The van der Waals surface area contributed by atoms with E-state index in [4.69, 9.17) is 10.2 Å². The zero-order chi connectivity index (χ0) is 12.3. The van der Waals surface area contributed by atoms with E-state index < -0.39 is 5.97 Å². The maximum Gasteiger partial charge on any atom is 0.356 e. The van der Waals surface area contributed by atoms with Gasteiger partial charge in [-0.1, -0.05) is 0 Å². The van der Waals surface area contributed by atoms with Gasteiger partial charge in [-0.2, -0.15) is 0 Å². The molecule has 2 rings (SSSR count). The predicted octanol–water partition coefficient (Wildman–Crippen LogP) is 0.384. The molecule has 1 saturated heterocycles. The van der Waals surface area contributed by atoms with Crippen LogP contribution in [0.15, 0.2) is 12.4 Å². The minimum Gasteiger partial charge on any atom is -0.476 e. The highest BCUT2D eigenvalue weighted by Gasteiger charge is 2.21. The Morgan fingerprint density at radius 1 is 1.53 bits per heavy atom. The Hall–Kier alpha value is -1.69. The van der Waals surface area contributed by atoms with Crippen LogP contribution in [0.4, 0.5) is 5.82 Å². The molecule has 0 radical (unpaired) electrons. The zero-order valence-electron chi connectivity index (χ0n) is 9.41. The molecule has 1 atom stereocenters. The second-order valence-corrected chi connectivity index (χ2v) is 4.20. The molecule has 1 aliphatic rings. The Morgan fingerprint density at radius 3 is 3.06 bits per heavy atom. The van der Waals surface area contributed by atoms with Crippen molar-refractivity contribution in [2.24, 2.45) is 5.92 Å². The molecule has 1 fully saturated rings. The number of aliphatic hydroxyl groups excluding tert-OH is 1. The molecule has 1 unspecified atom stereocenters. The SMILES string of the molecule is O=C(O)c1cncc(N2CCCC(CO)C2)n1. The molecule has 2 N–H and O–H groups in total. The third-order valence-electron chi connectivity index (χ3n) is 2.94. The van der Waals surface area contributed by atoms with Crippen LogP contribution >= 0.6 is 0 Å². The first-order chi connectivity index (χ1) is 8.20. The largest absolute Gasteiger partial charge is 0.476 e. The highest BCUT2D eigenvalue weighted by atomic mass is 16.4. The van der Waals surface area contributed by atoms with Gasteiger partial charge in [0, 0.05) is 19.7 Å². The van der Waals surface area contributed by atoms with Crippen molar-refractivity contribution in [3.8, 4) is 0 Å². The van der Waals surface area contributed by atoms with Gasteiger partial charge in [0.25, 0.3) is 0 Å². The van der Waals surface area contributed by atoms with Gasteiger partial charge in [0.1, 0.15) is 5.82 Å². The smallest absolute Gasteiger partial charge is 0.356 e. The number of aromatic carboxylic acids is 1. The summed E-state index contributed by atoms with van der Waals surface area (Å²) in [5, 5.41) is 18.0. The normalized spacial score (nSPS) is 20.3. The average Bonchev–Trinajstić information content (AvgIpc) is 2.39. The summed E-state index contributed by atoms with van der Waals surface area (Å²) in [4.78, 5) is 20.7. The minimum absolute atomic E-state index is 0.0476. The molecule has 92 valence electrons. The van der Waals surface area contributed by atoms with Crippen LogP contribution in [-0.4, -0.2) is 45.8 Å². The van der Waals surface area contributed by atoms with Crippen LogP contribution in [0.5, 0.6) is 0 Å². The molecule has 0 amide bonds. The van der Waals surface area contributed by atoms with Crippen molar-refractivity contribution in [2.45, 2.75) is 12.8 Å². The van der Waals surface area contributed by atoms with Crippen LogP contribution in [0.3, 0.4) is 0 Å². The van der Waals surface area contributed by atoms with Crippen LogP contribution in [0.25, 0.3) is 0 Å². The summed E-state index contributed by atoms with van der Waals surface area (Å²) < 4.78 is 0. The lowest BCUT2D eigenvalue weighted by Crippen LogP contribution is -2.37. The first-order valence-corrected chi connectivity index (χ1v) is 5.62. The molecule has 1 aliphatic heterocycles. The molecule has 17 heavy (non-hydrogen) atoms. The highest BCUT2D eigenvalue weighted by molar-refractivity contribution is 5.85. The standard InChI is InChI=1S/C11H15N3O3/c15-7-8-2-1-3-14(6-8)10-5-12-4-9(13-10)11(16)17/h4-5,8,15H,1-3,6-7H2,(H,16,17). The van der Waals surface area contributed by atoms with E-state index in [2.05, 4.69) is 9.97 Å². The average molecular weight is 237 g/mol. The van der Waals surface area contributed by atoms with E-state index in [1.807, 2.05) is 4.90 Å². The Kier molecular flexibility index (Phi) is 3.53. The fourth-order valence-corrected chi connectivity index (χ4v) is 2.03. The maximum absolute atomic E-state index is 10.8. The van der Waals surface area contributed by atoms with Crippen molar-refractivity contribution in [2.75, 3.05) is 24.6 Å². The first kappa shape index (κ1) is 11.8. The van der Waals surface area contributed by atoms with Crippen LogP contribution in [-0.2, 0) is 0 Å². The highest BCUT2D eigenvalue weighted by Crippen LogP contribution is 2.20. The van der Waals surface area contributed by atoms with Crippen molar-refractivity contribution in [1.29, 1.82) is 0 Å². The maximum atomic E-state index is 10.8. The summed E-state index contributed by atoms with van der Waals surface area (Å²) in [5.41, 5.74) is -0.0476. The van der Waals surface area contributed by atoms with Crippen molar-refractivity contribution < 1.29 is 15.0 Å². The molecule has 2 heterocycles. The predicted molar refractivity (Wildman–Crippen MR) is 61.0 cm³/mol. The number of aliphatic hydroxyl groups is 1. The van der Waals surface area contributed by atoms with E-state index >= 15 is 0 Å². The van der Waals surface area contributed by atoms with Crippen LogP contribution in [0.2, 0.25) is 0 Å². The van der Waals surface area contributed by atoms with E-state index in [1.165, 1.54) is 6.20 Å². The molecule has 1 aromatic rings. The number of hydrogen-bond donors (Lipinski definition) is 2. The van der Waals surface area contributed by atoms with E-state index in [1.54, 1.807) is 6.20 Å². The summed E-state index contributed by atoms with van der Waals surface area (Å²) in [6.07, 6.45) is 4.77. The fourth-order valence-electron chi connectivity index (χ4n) is 2.03. The van der Waals surface area contributed by atoms with Crippen LogP contribution < -0.4 is 4.90 Å². The molecular weight excluding hydrogens is 222 g/mol. The van der Waals surface area contributed by atoms with Crippen LogP contribution in [0, 0.1) is 5.92 Å². The number of anilines is 1. The monoisotopic (exact) mass is 237 g/mol. The van der Waals surface area contributed by atoms with Gasteiger partial charge in [-0.3, -0.25) is 4.98 Å². The number of piperidine rings is 1. The first-order valence-electron chi connectivity index (χ1n) is 5.62. The number of carboxylic acids is 1. The quantitative estimate of drug-likeness (QED) is 0.790. The molecule has 6 nitrogen and oxygen atoms in total. The van der Waals surface area contributed by atoms with Gasteiger partial charge in [0.15, 0.2) is 5.69 Å². The topological polar surface area (TPSA) is 86.5 Å².